The molecule has 4 nitrogen and oxygen atoms in total. The van der Waals surface area contributed by atoms with Gasteiger partial charge in [-0.05, 0) is 28.1 Å². The molecule has 2 amide bonds. The van der Waals surface area contributed by atoms with Crippen molar-refractivity contribution in [2.75, 3.05) is 0 Å². The van der Waals surface area contributed by atoms with Crippen molar-refractivity contribution in [1.82, 2.24) is 4.90 Å². The van der Waals surface area contributed by atoms with Gasteiger partial charge in [0.15, 0.2) is 6.10 Å². The molecule has 2 rings (SSSR count). The Morgan fingerprint density at radius 2 is 1.46 bits per heavy atom. The number of hydrogen-bond acceptors (Lipinski definition) is 3. The van der Waals surface area contributed by atoms with Gasteiger partial charge in [0, 0.05) is 6.42 Å². The highest BCUT2D eigenvalue weighted by Crippen LogP contribution is 2.48. The Morgan fingerprint density at radius 3 is 1.89 bits per heavy atom. The van der Waals surface area contributed by atoms with Crippen molar-refractivity contribution in [3.63, 3.8) is 0 Å². The minimum atomic E-state index is -2.23. The van der Waals surface area contributed by atoms with Crippen molar-refractivity contribution < 1.29 is 14.0 Å². The normalized spacial score (nSPS) is 20.4. The highest BCUT2D eigenvalue weighted by molar-refractivity contribution is 6.77. The predicted octanol–water partition coefficient (Wildman–Crippen LogP) is 5.70. The first-order valence-electron chi connectivity index (χ1n) is 10.6. The first-order chi connectivity index (χ1) is 13.0. The third-order valence-electron chi connectivity index (χ3n) is 6.08. The van der Waals surface area contributed by atoms with E-state index in [1.165, 1.54) is 4.90 Å². The molecule has 0 unspecified atom stereocenters. The lowest BCUT2D eigenvalue weighted by atomic mass is 9.90. The third kappa shape index (κ3) is 4.11. The highest BCUT2D eigenvalue weighted by Gasteiger charge is 2.57. The molecule has 1 aromatic carbocycles. The van der Waals surface area contributed by atoms with E-state index in [-0.39, 0.29) is 23.8 Å². The van der Waals surface area contributed by atoms with Crippen molar-refractivity contribution in [1.29, 1.82) is 0 Å². The van der Waals surface area contributed by atoms with E-state index >= 15 is 0 Å². The van der Waals surface area contributed by atoms with Crippen LogP contribution in [0.3, 0.4) is 0 Å². The monoisotopic (exact) mass is 403 g/mol. The lowest BCUT2D eigenvalue weighted by Crippen LogP contribution is -2.66. The summed E-state index contributed by atoms with van der Waals surface area (Å²) in [6.07, 6.45) is -0.180. The van der Waals surface area contributed by atoms with Gasteiger partial charge in [-0.3, -0.25) is 14.5 Å². The van der Waals surface area contributed by atoms with Crippen LogP contribution in [0.5, 0.6) is 0 Å². The van der Waals surface area contributed by atoms with Gasteiger partial charge in [-0.2, -0.15) is 0 Å². The number of nitrogens with zero attached hydrogens (tertiary/aromatic N) is 1. The number of carbonyl (C=O) groups excluding carboxylic acids is 2. The number of amides is 2. The van der Waals surface area contributed by atoms with Crippen molar-refractivity contribution in [2.24, 2.45) is 5.92 Å². The summed E-state index contributed by atoms with van der Waals surface area (Å²) in [5.74, 6) is -0.0508. The van der Waals surface area contributed by atoms with E-state index in [4.69, 9.17) is 4.43 Å². The summed E-state index contributed by atoms with van der Waals surface area (Å²) >= 11 is 0. The molecule has 0 aliphatic carbocycles. The topological polar surface area (TPSA) is 46.6 Å². The maximum absolute atomic E-state index is 13.1. The Hall–Kier alpha value is -1.46. The van der Waals surface area contributed by atoms with Crippen LogP contribution in [-0.2, 0) is 14.0 Å². The summed E-state index contributed by atoms with van der Waals surface area (Å²) in [5, 5.41) is 0. The smallest absolute Gasteiger partial charge is 0.260 e. The lowest BCUT2D eigenvalue weighted by Gasteiger charge is -2.52. The average Bonchev–Trinajstić information content (AvgIpc) is 2.59. The first-order valence-corrected chi connectivity index (χ1v) is 12.8. The van der Waals surface area contributed by atoms with Gasteiger partial charge < -0.3 is 4.43 Å². The number of likely N-dealkylation sites (tertiary alicyclic amines) is 1. The molecule has 0 bridgehead atoms. The van der Waals surface area contributed by atoms with E-state index in [0.717, 1.165) is 5.56 Å². The number of rotatable bonds is 8. The van der Waals surface area contributed by atoms with Gasteiger partial charge in [-0.25, -0.2) is 0 Å². The zero-order valence-electron chi connectivity index (χ0n) is 18.7. The molecule has 0 radical (unpaired) electrons. The molecule has 1 aliphatic rings. The second kappa shape index (κ2) is 8.91. The summed E-state index contributed by atoms with van der Waals surface area (Å²) < 4.78 is 6.82. The fourth-order valence-corrected chi connectivity index (χ4v) is 10.4. The van der Waals surface area contributed by atoms with Gasteiger partial charge in [-0.1, -0.05) is 85.7 Å². The summed E-state index contributed by atoms with van der Waals surface area (Å²) in [7, 11) is -2.23. The Balaban J connectivity index is 2.42. The second-order valence-electron chi connectivity index (χ2n) is 9.41. The van der Waals surface area contributed by atoms with Gasteiger partial charge in [0.05, 0.1) is 6.04 Å². The third-order valence-corrected chi connectivity index (χ3v) is 12.2. The largest absolute Gasteiger partial charge is 0.402 e. The van der Waals surface area contributed by atoms with Crippen molar-refractivity contribution >= 4 is 20.1 Å². The second-order valence-corrected chi connectivity index (χ2v) is 14.8. The maximum atomic E-state index is 13.1. The minimum Gasteiger partial charge on any atom is -0.402 e. The molecule has 1 aliphatic heterocycles. The van der Waals surface area contributed by atoms with Crippen LogP contribution in [0.4, 0.5) is 0 Å². The zero-order valence-corrected chi connectivity index (χ0v) is 19.7. The minimum absolute atomic E-state index is 0.0976. The van der Waals surface area contributed by atoms with Gasteiger partial charge in [0.25, 0.3) is 5.91 Å². The van der Waals surface area contributed by atoms with Crippen molar-refractivity contribution in [3.8, 4) is 0 Å². The molecule has 0 aromatic heterocycles. The number of imide groups is 1. The van der Waals surface area contributed by atoms with Crippen LogP contribution < -0.4 is 0 Å². The van der Waals surface area contributed by atoms with Crippen molar-refractivity contribution in [2.45, 2.75) is 90.6 Å². The van der Waals surface area contributed by atoms with Gasteiger partial charge in [0.1, 0.15) is 0 Å². The Labute approximate surface area is 171 Å². The highest BCUT2D eigenvalue weighted by atomic mass is 28.4. The SMILES string of the molecule is CC(C)CC(=O)N1C(=O)[C@H](O[Si](C(C)C)(C(C)C)C(C)C)[C@@H]1c1ccccc1. The molecule has 1 aromatic rings. The molecule has 5 heteroatoms. The van der Waals surface area contributed by atoms with Gasteiger partial charge in [0.2, 0.25) is 14.2 Å². The Kier molecular flexibility index (Phi) is 7.26. The van der Waals surface area contributed by atoms with E-state index < -0.39 is 14.4 Å². The fourth-order valence-electron chi connectivity index (χ4n) is 4.91. The van der Waals surface area contributed by atoms with Crippen LogP contribution in [0, 0.1) is 5.92 Å². The van der Waals surface area contributed by atoms with Gasteiger partial charge >= 0.3 is 0 Å². The summed E-state index contributed by atoms with van der Waals surface area (Å²) in [5.41, 5.74) is 2.13. The first kappa shape index (κ1) is 22.8. The molecule has 0 N–H and O–H groups in total. The summed E-state index contributed by atoms with van der Waals surface area (Å²) in [6.45, 7) is 17.3. The summed E-state index contributed by atoms with van der Waals surface area (Å²) in [4.78, 5) is 27.4. The molecule has 0 saturated carbocycles. The Morgan fingerprint density at radius 1 is 0.964 bits per heavy atom. The number of carbonyl (C=O) groups is 2. The lowest BCUT2D eigenvalue weighted by molar-refractivity contribution is -0.174. The molecule has 28 heavy (non-hydrogen) atoms. The van der Waals surface area contributed by atoms with Crippen LogP contribution >= 0.6 is 0 Å². The number of benzene rings is 1. The molecule has 0 spiro atoms. The molecule has 156 valence electrons. The molecule has 2 atom stereocenters. The molecular formula is C23H37NO3Si. The van der Waals surface area contributed by atoms with E-state index in [1.54, 1.807) is 0 Å². The molecule has 1 saturated heterocycles. The van der Waals surface area contributed by atoms with E-state index in [2.05, 4.69) is 41.5 Å². The number of hydrogen-bond donors (Lipinski definition) is 0. The quantitative estimate of drug-likeness (QED) is 0.413. The summed E-state index contributed by atoms with van der Waals surface area (Å²) in [6, 6.07) is 9.54. The van der Waals surface area contributed by atoms with Crippen LogP contribution in [0.25, 0.3) is 0 Å². The molecule has 1 fully saturated rings. The predicted molar refractivity (Wildman–Crippen MR) is 116 cm³/mol. The fraction of sp³-hybridized carbons (Fsp3) is 0.652. The molecule has 1 heterocycles. The van der Waals surface area contributed by atoms with Crippen LogP contribution in [0.15, 0.2) is 30.3 Å². The van der Waals surface area contributed by atoms with Gasteiger partial charge in [-0.15, -0.1) is 0 Å². The standard InChI is InChI=1S/C23H37NO3Si/c1-15(2)14-20(25)24-21(19-12-10-9-11-13-19)22(23(24)26)27-28(16(3)4,17(5)6)18(7)8/h9-13,15-18,21-22H,14H2,1-8H3/t21-,22+/m0/s1. The number of β-lactam (4-membered cyclic amide) rings is 1. The zero-order chi connectivity index (χ0) is 21.2. The van der Waals surface area contributed by atoms with Crippen LogP contribution in [-0.4, -0.2) is 31.1 Å². The van der Waals surface area contributed by atoms with Crippen LogP contribution in [0.1, 0.15) is 73.4 Å². The van der Waals surface area contributed by atoms with Crippen LogP contribution in [0.2, 0.25) is 16.6 Å². The van der Waals surface area contributed by atoms with Crippen molar-refractivity contribution in [3.05, 3.63) is 35.9 Å². The Bertz CT molecular complexity index is 663. The van der Waals surface area contributed by atoms with E-state index in [1.807, 2.05) is 44.2 Å². The van der Waals surface area contributed by atoms with E-state index in [9.17, 15) is 9.59 Å². The average molecular weight is 404 g/mol. The maximum Gasteiger partial charge on any atom is 0.260 e. The van der Waals surface area contributed by atoms with E-state index in [0.29, 0.717) is 23.0 Å². The molecular weight excluding hydrogens is 366 g/mol.